The minimum Gasteiger partial charge on any atom is -0.388 e. The summed E-state index contributed by atoms with van der Waals surface area (Å²) in [6, 6.07) is 10.4. The van der Waals surface area contributed by atoms with E-state index in [1.165, 1.54) is 11.6 Å². The number of aryl methyl sites for hydroxylation is 1. The zero-order valence-electron chi connectivity index (χ0n) is 13.0. The molecule has 0 spiro atoms. The summed E-state index contributed by atoms with van der Waals surface area (Å²) in [6.45, 7) is 0.00321. The molecule has 24 heavy (non-hydrogen) atoms. The molecule has 1 aliphatic carbocycles. The molecule has 2 aromatic rings. The van der Waals surface area contributed by atoms with Crippen molar-refractivity contribution in [2.75, 3.05) is 11.9 Å². The molecule has 0 aromatic heterocycles. The molecule has 3 rings (SSSR count). The number of nitrogens with one attached hydrogen (secondary N) is 2. The fourth-order valence-corrected chi connectivity index (χ4v) is 2.95. The van der Waals surface area contributed by atoms with Crippen molar-refractivity contribution in [2.24, 2.45) is 0 Å². The Labute approximate surface area is 138 Å². The number of para-hydroxylation sites is 1. The van der Waals surface area contributed by atoms with E-state index in [9.17, 15) is 18.7 Å². The third kappa shape index (κ3) is 3.54. The Hall–Kier alpha value is -2.47. The number of rotatable bonds is 3. The number of carbonyl (C=O) groups excluding carboxylic acids is 1. The van der Waals surface area contributed by atoms with Gasteiger partial charge in [-0.15, -0.1) is 0 Å². The summed E-state index contributed by atoms with van der Waals surface area (Å²) in [5, 5.41) is 15.3. The molecule has 1 atom stereocenters. The molecule has 4 nitrogen and oxygen atoms in total. The highest BCUT2D eigenvalue weighted by molar-refractivity contribution is 5.89. The molecule has 2 aromatic carbocycles. The third-order valence-electron chi connectivity index (χ3n) is 4.28. The Morgan fingerprint density at radius 3 is 2.46 bits per heavy atom. The molecular weight excluding hydrogens is 314 g/mol. The topological polar surface area (TPSA) is 61.4 Å². The first kappa shape index (κ1) is 16.4. The number of carbonyl (C=O) groups is 1. The molecule has 0 bridgehead atoms. The average molecular weight is 332 g/mol. The van der Waals surface area contributed by atoms with E-state index in [0.29, 0.717) is 12.8 Å². The number of benzene rings is 2. The number of hydrogen-bond acceptors (Lipinski definition) is 2. The summed E-state index contributed by atoms with van der Waals surface area (Å²) in [6.07, 6.45) is 1.66. The van der Waals surface area contributed by atoms with Crippen LogP contribution in [0.5, 0.6) is 0 Å². The molecule has 0 unspecified atom stereocenters. The van der Waals surface area contributed by atoms with Crippen LogP contribution in [-0.4, -0.2) is 23.3 Å². The highest BCUT2D eigenvalue weighted by atomic mass is 19.1. The standard InChI is InChI=1S/C18H18F2N2O2/c19-14-6-3-7-15(20)16(14)22-17(23)21-11-18(24)9-8-12-4-1-2-5-13(12)10-18/h1-7,24H,8-11H2,(H2,21,22,23)/t18-/m0/s1. The van der Waals surface area contributed by atoms with Crippen LogP contribution in [0, 0.1) is 11.6 Å². The van der Waals surface area contributed by atoms with Gasteiger partial charge in [-0.2, -0.15) is 0 Å². The SMILES string of the molecule is O=C(NC[C@]1(O)CCc2ccccc2C1)Nc1c(F)cccc1F. The van der Waals surface area contributed by atoms with Gasteiger partial charge in [-0.05, 0) is 36.1 Å². The van der Waals surface area contributed by atoms with Crippen LogP contribution in [0.25, 0.3) is 0 Å². The Morgan fingerprint density at radius 2 is 1.75 bits per heavy atom. The molecule has 6 heteroatoms. The molecule has 126 valence electrons. The van der Waals surface area contributed by atoms with E-state index >= 15 is 0 Å². The first-order valence-corrected chi connectivity index (χ1v) is 7.75. The van der Waals surface area contributed by atoms with Crippen LogP contribution in [0.15, 0.2) is 42.5 Å². The Bertz CT molecular complexity index is 746. The van der Waals surface area contributed by atoms with Gasteiger partial charge in [0.2, 0.25) is 0 Å². The number of fused-ring (bicyclic) bond motifs is 1. The Morgan fingerprint density at radius 1 is 1.08 bits per heavy atom. The molecule has 0 saturated heterocycles. The number of urea groups is 1. The van der Waals surface area contributed by atoms with Crippen LogP contribution in [0.4, 0.5) is 19.3 Å². The summed E-state index contributed by atoms with van der Waals surface area (Å²) in [7, 11) is 0. The molecule has 2 amide bonds. The highest BCUT2D eigenvalue weighted by Gasteiger charge is 2.32. The maximum absolute atomic E-state index is 13.5. The zero-order valence-corrected chi connectivity index (χ0v) is 13.0. The minimum atomic E-state index is -1.07. The number of anilines is 1. The lowest BCUT2D eigenvalue weighted by atomic mass is 9.80. The summed E-state index contributed by atoms with van der Waals surface area (Å²) in [4.78, 5) is 11.9. The van der Waals surface area contributed by atoms with Crippen LogP contribution in [-0.2, 0) is 12.8 Å². The van der Waals surface area contributed by atoms with Crippen LogP contribution in [0.1, 0.15) is 17.5 Å². The summed E-state index contributed by atoms with van der Waals surface area (Å²) >= 11 is 0. The van der Waals surface area contributed by atoms with Crippen LogP contribution in [0.3, 0.4) is 0 Å². The van der Waals surface area contributed by atoms with Gasteiger partial charge in [0.25, 0.3) is 0 Å². The summed E-state index contributed by atoms with van der Waals surface area (Å²) < 4.78 is 27.0. The van der Waals surface area contributed by atoms with E-state index in [-0.39, 0.29) is 6.54 Å². The summed E-state index contributed by atoms with van der Waals surface area (Å²) in [5.74, 6) is -1.70. The predicted octanol–water partition coefficient (Wildman–Crippen LogP) is 3.01. The van der Waals surface area contributed by atoms with Gasteiger partial charge in [-0.1, -0.05) is 30.3 Å². The first-order valence-electron chi connectivity index (χ1n) is 7.75. The zero-order chi connectivity index (χ0) is 17.2. The van der Waals surface area contributed by atoms with E-state index in [1.54, 1.807) is 0 Å². The van der Waals surface area contributed by atoms with Crippen molar-refractivity contribution in [2.45, 2.75) is 24.9 Å². The maximum atomic E-state index is 13.5. The van der Waals surface area contributed by atoms with Crippen LogP contribution < -0.4 is 10.6 Å². The van der Waals surface area contributed by atoms with Crippen molar-refractivity contribution < 1.29 is 18.7 Å². The van der Waals surface area contributed by atoms with E-state index in [2.05, 4.69) is 10.6 Å². The van der Waals surface area contributed by atoms with Crippen molar-refractivity contribution in [3.8, 4) is 0 Å². The average Bonchev–Trinajstić information content (AvgIpc) is 2.56. The van der Waals surface area contributed by atoms with Crippen LogP contribution >= 0.6 is 0 Å². The van der Waals surface area contributed by atoms with Gasteiger partial charge >= 0.3 is 6.03 Å². The van der Waals surface area contributed by atoms with Gasteiger partial charge in [0.05, 0.1) is 5.60 Å². The molecule has 0 fully saturated rings. The first-order chi connectivity index (χ1) is 11.5. The fraction of sp³-hybridized carbons (Fsp3) is 0.278. The molecular formula is C18H18F2N2O2. The second-order valence-electron chi connectivity index (χ2n) is 6.07. The van der Waals surface area contributed by atoms with Crippen molar-refractivity contribution >= 4 is 11.7 Å². The highest BCUT2D eigenvalue weighted by Crippen LogP contribution is 2.28. The molecule has 3 N–H and O–H groups in total. The van der Waals surface area contributed by atoms with E-state index in [4.69, 9.17) is 0 Å². The van der Waals surface area contributed by atoms with Gasteiger partial charge in [0.1, 0.15) is 17.3 Å². The maximum Gasteiger partial charge on any atom is 0.319 e. The quantitative estimate of drug-likeness (QED) is 0.809. The second kappa shape index (κ2) is 6.57. The molecule has 1 aliphatic rings. The van der Waals surface area contributed by atoms with Crippen molar-refractivity contribution in [3.63, 3.8) is 0 Å². The number of hydrogen-bond donors (Lipinski definition) is 3. The smallest absolute Gasteiger partial charge is 0.319 e. The number of halogens is 2. The van der Waals surface area contributed by atoms with Gasteiger partial charge in [-0.25, -0.2) is 13.6 Å². The van der Waals surface area contributed by atoms with Gasteiger partial charge in [-0.3, -0.25) is 0 Å². The summed E-state index contributed by atoms with van der Waals surface area (Å²) in [5.41, 5.74) is 0.670. The molecule has 0 radical (unpaired) electrons. The fourth-order valence-electron chi connectivity index (χ4n) is 2.95. The molecule has 0 aliphatic heterocycles. The lowest BCUT2D eigenvalue weighted by molar-refractivity contribution is 0.0295. The third-order valence-corrected chi connectivity index (χ3v) is 4.28. The van der Waals surface area contributed by atoms with Crippen molar-refractivity contribution in [3.05, 3.63) is 65.2 Å². The largest absolute Gasteiger partial charge is 0.388 e. The normalized spacial score (nSPS) is 19.5. The minimum absolute atomic E-state index is 0.00321. The second-order valence-corrected chi connectivity index (χ2v) is 6.07. The van der Waals surface area contributed by atoms with Gasteiger partial charge in [0, 0.05) is 13.0 Å². The number of amides is 2. The van der Waals surface area contributed by atoms with Gasteiger partial charge < -0.3 is 15.7 Å². The molecule has 0 heterocycles. The monoisotopic (exact) mass is 332 g/mol. The van der Waals surface area contributed by atoms with Crippen molar-refractivity contribution in [1.82, 2.24) is 5.32 Å². The lowest BCUT2D eigenvalue weighted by Gasteiger charge is -2.33. The molecule has 0 saturated carbocycles. The van der Waals surface area contributed by atoms with Crippen LogP contribution in [0.2, 0.25) is 0 Å². The van der Waals surface area contributed by atoms with E-state index in [0.717, 1.165) is 24.1 Å². The van der Waals surface area contributed by atoms with Crippen molar-refractivity contribution in [1.29, 1.82) is 0 Å². The Balaban J connectivity index is 1.60. The number of aliphatic hydroxyl groups is 1. The van der Waals surface area contributed by atoms with E-state index in [1.807, 2.05) is 24.3 Å². The van der Waals surface area contributed by atoms with E-state index < -0.39 is 29.0 Å². The van der Waals surface area contributed by atoms with Gasteiger partial charge in [0.15, 0.2) is 0 Å². The lowest BCUT2D eigenvalue weighted by Crippen LogP contribution is -2.47. The Kier molecular flexibility index (Phi) is 4.49. The predicted molar refractivity (Wildman–Crippen MR) is 86.8 cm³/mol.